The Balaban J connectivity index is 1.72. The molecule has 5 nitrogen and oxygen atoms in total. The molecule has 0 saturated heterocycles. The molecule has 0 bridgehead atoms. The lowest BCUT2D eigenvalue weighted by molar-refractivity contribution is 0.210. The average Bonchev–Trinajstić information content (AvgIpc) is 2.56. The number of carbonyl (C=O) groups is 1. The minimum absolute atomic E-state index is 0.108. The smallest absolute Gasteiger partial charge is 0.409 e. The van der Waals surface area contributed by atoms with Gasteiger partial charge in [0, 0.05) is 6.20 Å². The Morgan fingerprint density at radius 1 is 1.30 bits per heavy atom. The van der Waals surface area contributed by atoms with Crippen molar-refractivity contribution in [2.45, 2.75) is 19.4 Å². The lowest BCUT2D eigenvalue weighted by Gasteiger charge is -2.13. The van der Waals surface area contributed by atoms with Gasteiger partial charge in [-0.25, -0.2) is 4.79 Å². The largest absolute Gasteiger partial charge is 0.439 e. The zero-order chi connectivity index (χ0) is 16.1. The Hall–Kier alpha value is -2.95. The van der Waals surface area contributed by atoms with E-state index in [0.29, 0.717) is 11.1 Å². The SMILES string of the molecule is Cc1cccc(OC(=O)N=c2ccn(C3C=CCC=C3)nc2)c1. The monoisotopic (exact) mass is 307 g/mol. The number of ether oxygens (including phenoxy) is 1. The quantitative estimate of drug-likeness (QED) is 0.799. The highest BCUT2D eigenvalue weighted by Gasteiger charge is 2.05. The number of hydrogen-bond acceptors (Lipinski definition) is 3. The van der Waals surface area contributed by atoms with Crippen molar-refractivity contribution < 1.29 is 9.53 Å². The fourth-order valence-electron chi connectivity index (χ4n) is 2.27. The number of allylic oxidation sites excluding steroid dienone is 4. The number of aromatic nitrogens is 2. The van der Waals surface area contributed by atoms with Crippen molar-refractivity contribution >= 4 is 6.09 Å². The Morgan fingerprint density at radius 3 is 2.83 bits per heavy atom. The molecule has 1 aromatic carbocycles. The van der Waals surface area contributed by atoms with Gasteiger partial charge in [-0.2, -0.15) is 10.1 Å². The molecule has 0 atom stereocenters. The first-order chi connectivity index (χ1) is 11.2. The van der Waals surface area contributed by atoms with E-state index < -0.39 is 6.09 Å². The molecule has 23 heavy (non-hydrogen) atoms. The minimum atomic E-state index is -0.660. The Kier molecular flexibility index (Phi) is 4.47. The molecule has 3 rings (SSSR count). The summed E-state index contributed by atoms with van der Waals surface area (Å²) in [6.07, 6.45) is 12.0. The van der Waals surface area contributed by atoms with Gasteiger partial charge in [-0.3, -0.25) is 4.68 Å². The number of benzene rings is 1. The molecule has 1 aliphatic carbocycles. The van der Waals surface area contributed by atoms with Crippen molar-refractivity contribution in [1.82, 2.24) is 9.78 Å². The number of rotatable bonds is 2. The van der Waals surface area contributed by atoms with E-state index in [1.165, 1.54) is 0 Å². The van der Waals surface area contributed by atoms with E-state index in [2.05, 4.69) is 34.4 Å². The van der Waals surface area contributed by atoms with E-state index in [0.717, 1.165) is 12.0 Å². The summed E-state index contributed by atoms with van der Waals surface area (Å²) in [5.41, 5.74) is 1.02. The van der Waals surface area contributed by atoms with Crippen molar-refractivity contribution in [1.29, 1.82) is 0 Å². The van der Waals surface area contributed by atoms with E-state index in [1.54, 1.807) is 35.3 Å². The predicted molar refractivity (Wildman–Crippen MR) is 86.9 cm³/mol. The second-order valence-electron chi connectivity index (χ2n) is 5.24. The van der Waals surface area contributed by atoms with Crippen molar-refractivity contribution in [3.63, 3.8) is 0 Å². The van der Waals surface area contributed by atoms with Crippen LogP contribution < -0.4 is 10.1 Å². The number of carbonyl (C=O) groups excluding carboxylic acids is 1. The van der Waals surface area contributed by atoms with Crippen LogP contribution in [-0.2, 0) is 0 Å². The summed E-state index contributed by atoms with van der Waals surface area (Å²) in [6.45, 7) is 1.93. The number of hydrogen-bond donors (Lipinski definition) is 0. The van der Waals surface area contributed by atoms with Crippen LogP contribution in [0.15, 0.2) is 72.0 Å². The highest BCUT2D eigenvalue weighted by molar-refractivity contribution is 5.71. The highest BCUT2D eigenvalue weighted by atomic mass is 16.5. The molecular weight excluding hydrogens is 290 g/mol. The van der Waals surface area contributed by atoms with Crippen molar-refractivity contribution in [3.05, 3.63) is 78.0 Å². The van der Waals surface area contributed by atoms with Crippen molar-refractivity contribution in [3.8, 4) is 5.75 Å². The van der Waals surface area contributed by atoms with Crippen LogP contribution >= 0.6 is 0 Å². The second-order valence-corrected chi connectivity index (χ2v) is 5.24. The molecule has 2 aromatic rings. The van der Waals surface area contributed by atoms with Gasteiger partial charge in [0.15, 0.2) is 0 Å². The van der Waals surface area contributed by atoms with Gasteiger partial charge in [-0.1, -0.05) is 36.4 Å². The number of nitrogens with zero attached hydrogens (tertiary/aromatic N) is 3. The van der Waals surface area contributed by atoms with Crippen molar-refractivity contribution in [2.24, 2.45) is 4.99 Å². The van der Waals surface area contributed by atoms with Gasteiger partial charge in [0.2, 0.25) is 0 Å². The van der Waals surface area contributed by atoms with Crippen molar-refractivity contribution in [2.75, 3.05) is 0 Å². The van der Waals surface area contributed by atoms with Crippen LogP contribution in [0, 0.1) is 6.92 Å². The molecule has 0 saturated carbocycles. The van der Waals surface area contributed by atoms with Gasteiger partial charge in [-0.05, 0) is 37.1 Å². The number of aryl methyl sites for hydroxylation is 1. The number of amides is 1. The Morgan fingerprint density at radius 2 is 2.13 bits per heavy atom. The molecule has 0 unspecified atom stereocenters. The van der Waals surface area contributed by atoms with Crippen LogP contribution in [0.25, 0.3) is 0 Å². The molecule has 0 fully saturated rings. The molecule has 0 radical (unpaired) electrons. The van der Waals surface area contributed by atoms with Crippen LogP contribution in [0.1, 0.15) is 18.0 Å². The van der Waals surface area contributed by atoms with Gasteiger partial charge >= 0.3 is 6.09 Å². The third-order valence-electron chi connectivity index (χ3n) is 3.38. The van der Waals surface area contributed by atoms with Gasteiger partial charge in [0.05, 0.1) is 17.6 Å². The molecule has 5 heteroatoms. The van der Waals surface area contributed by atoms with Crippen LogP contribution in [-0.4, -0.2) is 15.9 Å². The first kappa shape index (κ1) is 15.0. The van der Waals surface area contributed by atoms with Gasteiger partial charge in [-0.15, -0.1) is 0 Å². The summed E-state index contributed by atoms with van der Waals surface area (Å²) < 4.78 is 6.99. The Labute approximate surface area is 134 Å². The maximum Gasteiger partial charge on any atom is 0.439 e. The van der Waals surface area contributed by atoms with Gasteiger partial charge < -0.3 is 4.74 Å². The molecule has 0 aliphatic heterocycles. The van der Waals surface area contributed by atoms with E-state index in [9.17, 15) is 4.79 Å². The summed E-state index contributed by atoms with van der Waals surface area (Å²) in [7, 11) is 0. The third kappa shape index (κ3) is 4.03. The summed E-state index contributed by atoms with van der Waals surface area (Å²) >= 11 is 0. The summed E-state index contributed by atoms with van der Waals surface area (Å²) in [4.78, 5) is 15.7. The van der Waals surface area contributed by atoms with E-state index in [1.807, 2.05) is 19.1 Å². The zero-order valence-electron chi connectivity index (χ0n) is 12.8. The van der Waals surface area contributed by atoms with E-state index in [4.69, 9.17) is 4.74 Å². The minimum Gasteiger partial charge on any atom is -0.409 e. The van der Waals surface area contributed by atoms with Crippen LogP contribution in [0.5, 0.6) is 5.75 Å². The van der Waals surface area contributed by atoms with E-state index >= 15 is 0 Å². The van der Waals surface area contributed by atoms with Crippen LogP contribution in [0.4, 0.5) is 4.79 Å². The predicted octanol–water partition coefficient (Wildman–Crippen LogP) is 3.35. The maximum atomic E-state index is 11.8. The maximum absolute atomic E-state index is 11.8. The topological polar surface area (TPSA) is 56.5 Å². The molecule has 116 valence electrons. The summed E-state index contributed by atoms with van der Waals surface area (Å²) in [6, 6.07) is 9.11. The second kappa shape index (κ2) is 6.87. The fraction of sp³-hybridized carbons (Fsp3) is 0.167. The third-order valence-corrected chi connectivity index (χ3v) is 3.38. The molecule has 1 heterocycles. The molecule has 1 aromatic heterocycles. The summed E-state index contributed by atoms with van der Waals surface area (Å²) in [5, 5.41) is 4.75. The standard InChI is InChI=1S/C18H17N3O2/c1-14-6-5-9-17(12-14)23-18(22)20-15-10-11-21(19-13-15)16-7-3-2-4-8-16/h3-13,16H,2H2,1H3. The first-order valence-corrected chi connectivity index (χ1v) is 7.42. The van der Waals surface area contributed by atoms with Gasteiger partial charge in [0.25, 0.3) is 0 Å². The molecule has 1 amide bonds. The average molecular weight is 307 g/mol. The van der Waals surface area contributed by atoms with Crippen LogP contribution in [0.2, 0.25) is 0 Å². The molecule has 0 spiro atoms. The van der Waals surface area contributed by atoms with E-state index in [-0.39, 0.29) is 6.04 Å². The highest BCUT2D eigenvalue weighted by Crippen LogP contribution is 2.14. The summed E-state index contributed by atoms with van der Waals surface area (Å²) in [5.74, 6) is 0.482. The van der Waals surface area contributed by atoms with Crippen LogP contribution in [0.3, 0.4) is 0 Å². The zero-order valence-corrected chi connectivity index (χ0v) is 12.8. The molecule has 0 N–H and O–H groups in total. The molecule has 1 aliphatic rings. The molecular formula is C18H17N3O2. The normalized spacial score (nSPS) is 14.9. The fourth-order valence-corrected chi connectivity index (χ4v) is 2.27. The lowest BCUT2D eigenvalue weighted by Crippen LogP contribution is -2.16. The van der Waals surface area contributed by atoms with Gasteiger partial charge in [0.1, 0.15) is 5.75 Å². The first-order valence-electron chi connectivity index (χ1n) is 7.42. The lowest BCUT2D eigenvalue weighted by atomic mass is 10.1. The Bertz CT molecular complexity index is 802.